The van der Waals surface area contributed by atoms with E-state index in [1.165, 1.54) is 12.1 Å². The predicted molar refractivity (Wildman–Crippen MR) is 132 cm³/mol. The SMILES string of the molecule is O=C(CN1CC=C(c2ccc(F)cc2)C=C1C1=CCC(F)C=C1)N1CCN(c2ncccn2)CC1. The molecule has 1 aromatic carbocycles. The minimum absolute atomic E-state index is 0.0481. The number of piperazine rings is 1. The quantitative estimate of drug-likeness (QED) is 0.659. The van der Waals surface area contributed by atoms with Gasteiger partial charge in [0.1, 0.15) is 12.0 Å². The lowest BCUT2D eigenvalue weighted by atomic mass is 9.95. The van der Waals surface area contributed by atoms with Crippen molar-refractivity contribution in [3.8, 4) is 0 Å². The van der Waals surface area contributed by atoms with Crippen molar-refractivity contribution < 1.29 is 13.6 Å². The Morgan fingerprint density at radius 2 is 1.74 bits per heavy atom. The molecule has 2 aromatic rings. The van der Waals surface area contributed by atoms with Crippen molar-refractivity contribution in [1.82, 2.24) is 19.8 Å². The minimum atomic E-state index is -0.991. The van der Waals surface area contributed by atoms with E-state index < -0.39 is 6.17 Å². The van der Waals surface area contributed by atoms with Crippen molar-refractivity contribution >= 4 is 17.4 Å². The number of carbonyl (C=O) groups excluding carboxylic acids is 1. The van der Waals surface area contributed by atoms with Crippen LogP contribution in [0.25, 0.3) is 5.57 Å². The van der Waals surface area contributed by atoms with Gasteiger partial charge >= 0.3 is 0 Å². The number of anilines is 1. The van der Waals surface area contributed by atoms with E-state index in [1.807, 2.05) is 28.0 Å². The Labute approximate surface area is 203 Å². The molecule has 6 nitrogen and oxygen atoms in total. The molecule has 1 aromatic heterocycles. The van der Waals surface area contributed by atoms with Crippen molar-refractivity contribution in [2.75, 3.05) is 44.2 Å². The number of benzene rings is 1. The monoisotopic (exact) mass is 475 g/mol. The Balaban J connectivity index is 1.29. The van der Waals surface area contributed by atoms with Crippen LogP contribution in [0.2, 0.25) is 0 Å². The van der Waals surface area contributed by atoms with E-state index in [2.05, 4.69) is 14.9 Å². The van der Waals surface area contributed by atoms with Gasteiger partial charge in [-0.1, -0.05) is 30.4 Å². The number of aromatic nitrogens is 2. The maximum Gasteiger partial charge on any atom is 0.242 e. The smallest absolute Gasteiger partial charge is 0.242 e. The number of amides is 1. The normalized spacial score (nSPS) is 20.3. The fraction of sp³-hybridized carbons (Fsp3) is 0.296. The van der Waals surface area contributed by atoms with Gasteiger partial charge < -0.3 is 14.7 Å². The molecule has 1 amide bonds. The highest BCUT2D eigenvalue weighted by Gasteiger charge is 2.26. The van der Waals surface area contributed by atoms with Gasteiger partial charge in [0.15, 0.2) is 0 Å². The number of alkyl halides is 1. The fourth-order valence-corrected chi connectivity index (χ4v) is 4.52. The van der Waals surface area contributed by atoms with Crippen LogP contribution in [0.15, 0.2) is 84.4 Å². The van der Waals surface area contributed by atoms with Gasteiger partial charge in [-0.3, -0.25) is 4.79 Å². The first-order valence-corrected chi connectivity index (χ1v) is 11.8. The molecule has 3 heterocycles. The van der Waals surface area contributed by atoms with Crippen molar-refractivity contribution in [2.45, 2.75) is 12.6 Å². The Kier molecular flexibility index (Phi) is 6.70. The molecule has 0 N–H and O–H groups in total. The zero-order valence-corrected chi connectivity index (χ0v) is 19.4. The molecule has 1 aliphatic carbocycles. The zero-order valence-electron chi connectivity index (χ0n) is 19.4. The van der Waals surface area contributed by atoms with Gasteiger partial charge in [-0.25, -0.2) is 18.7 Å². The zero-order chi connectivity index (χ0) is 24.2. The molecule has 2 aliphatic heterocycles. The van der Waals surface area contributed by atoms with Gasteiger partial charge in [0, 0.05) is 57.2 Å². The fourth-order valence-electron chi connectivity index (χ4n) is 4.52. The minimum Gasteiger partial charge on any atom is -0.358 e. The van der Waals surface area contributed by atoms with E-state index in [-0.39, 0.29) is 18.3 Å². The largest absolute Gasteiger partial charge is 0.358 e. The molecule has 1 unspecified atom stereocenters. The molecule has 35 heavy (non-hydrogen) atoms. The molecule has 0 spiro atoms. The van der Waals surface area contributed by atoms with Crippen LogP contribution >= 0.6 is 0 Å². The van der Waals surface area contributed by atoms with Gasteiger partial charge in [-0.2, -0.15) is 0 Å². The van der Waals surface area contributed by atoms with Crippen LogP contribution in [0.3, 0.4) is 0 Å². The van der Waals surface area contributed by atoms with Crippen LogP contribution in [0.5, 0.6) is 0 Å². The van der Waals surface area contributed by atoms with Crippen LogP contribution in [-0.2, 0) is 4.79 Å². The summed E-state index contributed by atoms with van der Waals surface area (Å²) in [4.78, 5) is 27.8. The van der Waals surface area contributed by atoms with E-state index in [4.69, 9.17) is 0 Å². The number of allylic oxidation sites excluding steroid dienone is 5. The highest BCUT2D eigenvalue weighted by Crippen LogP contribution is 2.30. The van der Waals surface area contributed by atoms with Crippen LogP contribution in [0, 0.1) is 5.82 Å². The summed E-state index contributed by atoms with van der Waals surface area (Å²) in [5.41, 5.74) is 3.62. The van der Waals surface area contributed by atoms with Crippen molar-refractivity contribution in [3.63, 3.8) is 0 Å². The lowest BCUT2D eigenvalue weighted by molar-refractivity contribution is -0.132. The lowest BCUT2D eigenvalue weighted by Gasteiger charge is -2.37. The Morgan fingerprint density at radius 1 is 1.00 bits per heavy atom. The van der Waals surface area contributed by atoms with Crippen LogP contribution < -0.4 is 4.90 Å². The summed E-state index contributed by atoms with van der Waals surface area (Å²) in [7, 11) is 0. The van der Waals surface area contributed by atoms with Crippen LogP contribution in [-0.4, -0.2) is 71.1 Å². The summed E-state index contributed by atoms with van der Waals surface area (Å²) in [6.45, 7) is 3.33. The third-order valence-electron chi connectivity index (χ3n) is 6.48. The number of nitrogens with zero attached hydrogens (tertiary/aromatic N) is 5. The third kappa shape index (κ3) is 5.31. The van der Waals surface area contributed by atoms with Crippen LogP contribution in [0.1, 0.15) is 12.0 Å². The molecular formula is C27H27F2N5O. The van der Waals surface area contributed by atoms with E-state index in [1.54, 1.807) is 42.7 Å². The summed E-state index contributed by atoms with van der Waals surface area (Å²) >= 11 is 0. The Bertz CT molecular complexity index is 1180. The molecule has 180 valence electrons. The average Bonchev–Trinajstić information content (AvgIpc) is 2.90. The highest BCUT2D eigenvalue weighted by molar-refractivity contribution is 5.81. The first-order chi connectivity index (χ1) is 17.1. The Hall–Kier alpha value is -3.81. The van der Waals surface area contributed by atoms with E-state index in [9.17, 15) is 13.6 Å². The number of carbonyl (C=O) groups is 1. The first kappa shape index (κ1) is 23.0. The topological polar surface area (TPSA) is 52.6 Å². The van der Waals surface area contributed by atoms with E-state index in [0.717, 1.165) is 22.4 Å². The summed E-state index contributed by atoms with van der Waals surface area (Å²) in [6.07, 6.45) is 12.0. The molecule has 0 radical (unpaired) electrons. The van der Waals surface area contributed by atoms with Crippen molar-refractivity contribution in [3.05, 3.63) is 95.8 Å². The number of halogens is 2. The van der Waals surface area contributed by atoms with Gasteiger partial charge in [0.2, 0.25) is 11.9 Å². The molecule has 5 rings (SSSR count). The highest BCUT2D eigenvalue weighted by atomic mass is 19.1. The number of rotatable bonds is 5. The molecular weight excluding hydrogens is 448 g/mol. The molecule has 1 fully saturated rings. The van der Waals surface area contributed by atoms with E-state index >= 15 is 0 Å². The van der Waals surface area contributed by atoms with E-state index in [0.29, 0.717) is 45.1 Å². The predicted octanol–water partition coefficient (Wildman–Crippen LogP) is 3.77. The van der Waals surface area contributed by atoms with Gasteiger partial charge in [0.25, 0.3) is 0 Å². The summed E-state index contributed by atoms with van der Waals surface area (Å²) in [5.74, 6) is 0.445. The first-order valence-electron chi connectivity index (χ1n) is 11.8. The summed E-state index contributed by atoms with van der Waals surface area (Å²) in [6, 6.07) is 8.15. The maximum absolute atomic E-state index is 13.7. The van der Waals surface area contributed by atoms with Crippen molar-refractivity contribution in [2.24, 2.45) is 0 Å². The van der Waals surface area contributed by atoms with Gasteiger partial charge in [0.05, 0.1) is 6.54 Å². The molecule has 0 bridgehead atoms. The average molecular weight is 476 g/mol. The second kappa shape index (κ2) is 10.2. The molecule has 1 saturated heterocycles. The molecule has 8 heteroatoms. The molecule has 1 atom stereocenters. The Morgan fingerprint density at radius 3 is 2.43 bits per heavy atom. The second-order valence-corrected chi connectivity index (χ2v) is 8.76. The van der Waals surface area contributed by atoms with Crippen molar-refractivity contribution in [1.29, 1.82) is 0 Å². The molecule has 0 saturated carbocycles. The summed E-state index contributed by atoms with van der Waals surface area (Å²) in [5, 5.41) is 0. The maximum atomic E-state index is 13.7. The van der Waals surface area contributed by atoms with Crippen LogP contribution in [0.4, 0.5) is 14.7 Å². The second-order valence-electron chi connectivity index (χ2n) is 8.76. The standard InChI is InChI=1S/C27H27F2N5O/c28-23-6-2-20(3-7-23)22-10-13-34(25(18-22)21-4-8-24(29)9-5-21)19-26(35)32-14-16-33(17-15-32)27-30-11-1-12-31-27/h1-8,10-12,18,24H,9,13-17,19H2. The lowest BCUT2D eigenvalue weighted by Crippen LogP contribution is -2.51. The van der Waals surface area contributed by atoms with Gasteiger partial charge in [-0.15, -0.1) is 0 Å². The third-order valence-corrected chi connectivity index (χ3v) is 6.48. The number of hydrogen-bond acceptors (Lipinski definition) is 5. The molecule has 3 aliphatic rings. The van der Waals surface area contributed by atoms with Gasteiger partial charge in [-0.05, 0) is 47.1 Å². The summed E-state index contributed by atoms with van der Waals surface area (Å²) < 4.78 is 27.1. The number of hydrogen-bond donors (Lipinski definition) is 0.